The highest BCUT2D eigenvalue weighted by Crippen LogP contribution is 2.23. The molecule has 0 heterocycles. The highest BCUT2D eigenvalue weighted by atomic mass is 35.5. The molecule has 2 rings (SSSR count). The molecule has 0 aliphatic heterocycles. The number of amides is 1. The first-order chi connectivity index (χ1) is 10.1. The first kappa shape index (κ1) is 15.9. The second-order valence-electron chi connectivity index (χ2n) is 4.95. The van der Waals surface area contributed by atoms with Gasteiger partial charge in [-0.15, -0.1) is 0 Å². The van der Waals surface area contributed by atoms with Crippen molar-refractivity contribution in [3.63, 3.8) is 0 Å². The van der Waals surface area contributed by atoms with Gasteiger partial charge in [-0.2, -0.15) is 0 Å². The summed E-state index contributed by atoms with van der Waals surface area (Å²) in [5.41, 5.74) is 3.33. The summed E-state index contributed by atoms with van der Waals surface area (Å²) in [6.45, 7) is 2.60. The van der Waals surface area contributed by atoms with Crippen LogP contribution in [0.3, 0.4) is 0 Å². The van der Waals surface area contributed by atoms with Gasteiger partial charge in [-0.05, 0) is 42.2 Å². The Bertz CT molecular complexity index is 640. The minimum absolute atomic E-state index is 0.0318. The number of benzene rings is 2. The quantitative estimate of drug-likeness (QED) is 0.859. The van der Waals surface area contributed by atoms with Crippen molar-refractivity contribution in [1.29, 1.82) is 0 Å². The third kappa shape index (κ3) is 4.76. The second-order valence-corrected chi connectivity index (χ2v) is 5.77. The van der Waals surface area contributed by atoms with E-state index in [1.807, 2.05) is 37.3 Å². The van der Waals surface area contributed by atoms with Crippen molar-refractivity contribution in [2.45, 2.75) is 26.3 Å². The van der Waals surface area contributed by atoms with E-state index in [1.165, 1.54) is 5.56 Å². The van der Waals surface area contributed by atoms with E-state index in [0.29, 0.717) is 29.4 Å². The smallest absolute Gasteiger partial charge is 0.220 e. The van der Waals surface area contributed by atoms with Crippen molar-refractivity contribution in [1.82, 2.24) is 5.32 Å². The molecule has 21 heavy (non-hydrogen) atoms. The van der Waals surface area contributed by atoms with Gasteiger partial charge in [0.25, 0.3) is 0 Å². The minimum atomic E-state index is 0.0318. The van der Waals surface area contributed by atoms with Crippen LogP contribution in [-0.2, 0) is 17.8 Å². The Labute approximate surface area is 135 Å². The minimum Gasteiger partial charge on any atom is -0.352 e. The maximum absolute atomic E-state index is 11.9. The molecule has 0 radical (unpaired) electrons. The lowest BCUT2D eigenvalue weighted by molar-refractivity contribution is -0.121. The van der Waals surface area contributed by atoms with Crippen LogP contribution in [-0.4, -0.2) is 5.91 Å². The SMILES string of the molecule is Cc1ccccc1CNC(=O)CCc1ccc(Cl)c(Cl)c1. The number of hydrogen-bond donors (Lipinski definition) is 1. The summed E-state index contributed by atoms with van der Waals surface area (Å²) in [6, 6.07) is 13.5. The monoisotopic (exact) mass is 321 g/mol. The summed E-state index contributed by atoms with van der Waals surface area (Å²) in [4.78, 5) is 11.9. The van der Waals surface area contributed by atoms with Crippen molar-refractivity contribution in [3.8, 4) is 0 Å². The zero-order chi connectivity index (χ0) is 15.2. The van der Waals surface area contributed by atoms with Crippen LogP contribution in [0.1, 0.15) is 23.1 Å². The molecule has 0 saturated carbocycles. The average molecular weight is 322 g/mol. The van der Waals surface area contributed by atoms with Crippen molar-refractivity contribution in [2.75, 3.05) is 0 Å². The first-order valence-corrected chi connectivity index (χ1v) is 7.57. The van der Waals surface area contributed by atoms with Crippen LogP contribution in [0.25, 0.3) is 0 Å². The van der Waals surface area contributed by atoms with E-state index in [0.717, 1.165) is 11.1 Å². The molecule has 4 heteroatoms. The summed E-state index contributed by atoms with van der Waals surface area (Å²) in [7, 11) is 0. The molecular formula is C17H17Cl2NO. The van der Waals surface area contributed by atoms with Gasteiger partial charge in [0.1, 0.15) is 0 Å². The molecule has 1 N–H and O–H groups in total. The van der Waals surface area contributed by atoms with Gasteiger partial charge in [0.05, 0.1) is 10.0 Å². The van der Waals surface area contributed by atoms with Crippen LogP contribution in [0.2, 0.25) is 10.0 Å². The number of nitrogens with one attached hydrogen (secondary N) is 1. The first-order valence-electron chi connectivity index (χ1n) is 6.81. The predicted octanol–water partition coefficient (Wildman–Crippen LogP) is 4.55. The van der Waals surface area contributed by atoms with Gasteiger partial charge >= 0.3 is 0 Å². The summed E-state index contributed by atoms with van der Waals surface area (Å²) in [5.74, 6) is 0.0318. The van der Waals surface area contributed by atoms with Crippen molar-refractivity contribution >= 4 is 29.1 Å². The Morgan fingerprint density at radius 1 is 1.10 bits per heavy atom. The maximum Gasteiger partial charge on any atom is 0.220 e. The van der Waals surface area contributed by atoms with E-state index in [-0.39, 0.29) is 5.91 Å². The molecule has 0 aromatic heterocycles. The van der Waals surface area contributed by atoms with E-state index >= 15 is 0 Å². The molecular weight excluding hydrogens is 305 g/mol. The fourth-order valence-electron chi connectivity index (χ4n) is 2.04. The zero-order valence-electron chi connectivity index (χ0n) is 11.8. The van der Waals surface area contributed by atoms with Crippen LogP contribution in [0, 0.1) is 6.92 Å². The summed E-state index contributed by atoms with van der Waals surface area (Å²) < 4.78 is 0. The van der Waals surface area contributed by atoms with E-state index < -0.39 is 0 Å². The topological polar surface area (TPSA) is 29.1 Å². The largest absolute Gasteiger partial charge is 0.352 e. The highest BCUT2D eigenvalue weighted by molar-refractivity contribution is 6.42. The molecule has 110 valence electrons. The third-order valence-electron chi connectivity index (χ3n) is 3.36. The van der Waals surface area contributed by atoms with Gasteiger partial charge in [-0.1, -0.05) is 53.5 Å². The molecule has 0 spiro atoms. The molecule has 2 nitrogen and oxygen atoms in total. The molecule has 1 amide bonds. The van der Waals surface area contributed by atoms with Gasteiger partial charge < -0.3 is 5.32 Å². The standard InChI is InChI=1S/C17H17Cl2NO/c1-12-4-2-3-5-14(12)11-20-17(21)9-7-13-6-8-15(18)16(19)10-13/h2-6,8,10H,7,9,11H2,1H3,(H,20,21). The van der Waals surface area contributed by atoms with Crippen molar-refractivity contribution in [2.24, 2.45) is 0 Å². The molecule has 0 saturated heterocycles. The zero-order valence-corrected chi connectivity index (χ0v) is 13.3. The third-order valence-corrected chi connectivity index (χ3v) is 4.10. The molecule has 0 atom stereocenters. The van der Waals surface area contributed by atoms with Crippen LogP contribution >= 0.6 is 23.2 Å². The Hall–Kier alpha value is -1.51. The predicted molar refractivity (Wildman–Crippen MR) is 87.8 cm³/mol. The van der Waals surface area contributed by atoms with E-state index in [9.17, 15) is 4.79 Å². The number of aryl methyl sites for hydroxylation is 2. The lowest BCUT2D eigenvalue weighted by atomic mass is 10.1. The van der Waals surface area contributed by atoms with Crippen molar-refractivity contribution < 1.29 is 4.79 Å². The van der Waals surface area contributed by atoms with Gasteiger partial charge in [0.2, 0.25) is 5.91 Å². The lowest BCUT2D eigenvalue weighted by Crippen LogP contribution is -2.23. The van der Waals surface area contributed by atoms with Gasteiger partial charge in [0, 0.05) is 13.0 Å². The number of carbonyl (C=O) groups excluding carboxylic acids is 1. The number of rotatable bonds is 5. The van der Waals surface area contributed by atoms with Crippen molar-refractivity contribution in [3.05, 3.63) is 69.2 Å². The van der Waals surface area contributed by atoms with E-state index in [1.54, 1.807) is 12.1 Å². The fraction of sp³-hybridized carbons (Fsp3) is 0.235. The Morgan fingerprint density at radius 3 is 2.57 bits per heavy atom. The van der Waals surface area contributed by atoms with Crippen LogP contribution in [0.4, 0.5) is 0 Å². The molecule has 0 aliphatic carbocycles. The number of carbonyl (C=O) groups is 1. The van der Waals surface area contributed by atoms with Crippen LogP contribution in [0.15, 0.2) is 42.5 Å². The molecule has 0 aliphatic rings. The van der Waals surface area contributed by atoms with Crippen LogP contribution in [0.5, 0.6) is 0 Å². The molecule has 0 unspecified atom stereocenters. The Balaban J connectivity index is 1.82. The summed E-state index contributed by atoms with van der Waals surface area (Å²) in [5, 5.41) is 3.99. The molecule has 2 aromatic carbocycles. The van der Waals surface area contributed by atoms with E-state index in [4.69, 9.17) is 23.2 Å². The summed E-state index contributed by atoms with van der Waals surface area (Å²) >= 11 is 11.8. The van der Waals surface area contributed by atoms with E-state index in [2.05, 4.69) is 5.32 Å². The highest BCUT2D eigenvalue weighted by Gasteiger charge is 2.05. The Kier molecular flexibility index (Phi) is 5.66. The van der Waals surface area contributed by atoms with Gasteiger partial charge in [-0.25, -0.2) is 0 Å². The summed E-state index contributed by atoms with van der Waals surface area (Å²) in [6.07, 6.45) is 1.08. The second kappa shape index (κ2) is 7.48. The molecule has 2 aromatic rings. The van der Waals surface area contributed by atoms with Crippen LogP contribution < -0.4 is 5.32 Å². The molecule has 0 fully saturated rings. The number of halogens is 2. The number of hydrogen-bond acceptors (Lipinski definition) is 1. The van der Waals surface area contributed by atoms with Gasteiger partial charge in [0.15, 0.2) is 0 Å². The molecule has 0 bridgehead atoms. The van der Waals surface area contributed by atoms with Gasteiger partial charge in [-0.3, -0.25) is 4.79 Å². The normalized spacial score (nSPS) is 10.4. The maximum atomic E-state index is 11.9. The lowest BCUT2D eigenvalue weighted by Gasteiger charge is -2.08. The fourth-order valence-corrected chi connectivity index (χ4v) is 2.36. The Morgan fingerprint density at radius 2 is 1.86 bits per heavy atom. The average Bonchev–Trinajstić information content (AvgIpc) is 2.47.